The van der Waals surface area contributed by atoms with E-state index in [9.17, 15) is 9.59 Å². The van der Waals surface area contributed by atoms with Gasteiger partial charge >= 0.3 is 6.09 Å². The predicted octanol–water partition coefficient (Wildman–Crippen LogP) is 4.48. The molecule has 1 aliphatic heterocycles. The van der Waals surface area contributed by atoms with Gasteiger partial charge in [0, 0.05) is 46.4 Å². The predicted molar refractivity (Wildman–Crippen MR) is 156 cm³/mol. The van der Waals surface area contributed by atoms with E-state index in [1.807, 2.05) is 54.5 Å². The lowest BCUT2D eigenvalue weighted by Gasteiger charge is -2.43. The average Bonchev–Trinajstić information content (AvgIpc) is 3.56. The number of nitrogens with zero attached hydrogens (tertiary/aromatic N) is 7. The van der Waals surface area contributed by atoms with Crippen molar-refractivity contribution in [1.82, 2.24) is 34.1 Å². The Morgan fingerprint density at radius 2 is 1.93 bits per heavy atom. The number of hydrogen-bond acceptors (Lipinski definition) is 7. The molecule has 0 radical (unpaired) electrons. The Kier molecular flexibility index (Phi) is 10.0. The van der Waals surface area contributed by atoms with Gasteiger partial charge in [0.2, 0.25) is 0 Å². The van der Waals surface area contributed by atoms with Gasteiger partial charge in [0.15, 0.2) is 5.82 Å². The van der Waals surface area contributed by atoms with Gasteiger partial charge in [0.25, 0.3) is 5.91 Å². The van der Waals surface area contributed by atoms with E-state index in [-0.39, 0.29) is 29.9 Å². The Morgan fingerprint density at radius 1 is 1.15 bits per heavy atom. The van der Waals surface area contributed by atoms with Gasteiger partial charge < -0.3 is 23.8 Å². The Labute approximate surface area is 242 Å². The first kappa shape index (κ1) is 30.5. The van der Waals surface area contributed by atoms with Gasteiger partial charge in [-0.05, 0) is 64.0 Å². The molecule has 0 bridgehead atoms. The summed E-state index contributed by atoms with van der Waals surface area (Å²) in [5.41, 5.74) is 1.13. The van der Waals surface area contributed by atoms with Crippen LogP contribution in [-0.2, 0) is 22.6 Å². The van der Waals surface area contributed by atoms with E-state index in [2.05, 4.69) is 23.9 Å². The van der Waals surface area contributed by atoms with Crippen molar-refractivity contribution >= 4 is 23.0 Å². The second-order valence-corrected chi connectivity index (χ2v) is 12.4. The molecule has 0 spiro atoms. The number of imidazole rings is 1. The first-order valence-corrected chi connectivity index (χ1v) is 14.6. The molecule has 11 heteroatoms. The number of unbranched alkanes of at least 4 members (excludes halogenated alkanes) is 1. The summed E-state index contributed by atoms with van der Waals surface area (Å²) in [7, 11) is 1.70. The topological polar surface area (TPSA) is 108 Å². The van der Waals surface area contributed by atoms with E-state index >= 15 is 0 Å². The average molecular weight is 568 g/mol. The van der Waals surface area contributed by atoms with Crippen LogP contribution in [0.25, 0.3) is 11.0 Å². The van der Waals surface area contributed by atoms with Gasteiger partial charge in [0.1, 0.15) is 18.3 Å². The molecule has 11 nitrogen and oxygen atoms in total. The number of carbonyl (C=O) groups excluding carboxylic acids is 2. The fourth-order valence-electron chi connectivity index (χ4n) is 5.50. The number of piperidine rings is 1. The van der Waals surface area contributed by atoms with Crippen molar-refractivity contribution in [1.29, 1.82) is 0 Å². The number of para-hydroxylation sites is 2. The number of hydrogen-bond donors (Lipinski definition) is 0. The van der Waals surface area contributed by atoms with Crippen molar-refractivity contribution in [3.05, 3.63) is 42.7 Å². The van der Waals surface area contributed by atoms with E-state index in [1.54, 1.807) is 23.0 Å². The molecule has 4 rings (SSSR count). The highest BCUT2D eigenvalue weighted by Gasteiger charge is 2.38. The molecule has 1 saturated heterocycles. The van der Waals surface area contributed by atoms with E-state index in [1.165, 1.54) is 6.33 Å². The molecule has 1 aliphatic rings. The number of fused-ring (bicyclic) bond motifs is 1. The van der Waals surface area contributed by atoms with E-state index in [0.29, 0.717) is 45.2 Å². The molecule has 0 saturated carbocycles. The number of aryl methyl sites for hydroxylation is 1. The molecular weight excluding hydrogens is 522 g/mol. The third-order valence-corrected chi connectivity index (χ3v) is 7.17. The second-order valence-electron chi connectivity index (χ2n) is 12.4. The number of likely N-dealkylation sites (tertiary alicyclic amines) is 1. The fraction of sp³-hybridized carbons (Fsp3) is 0.633. The van der Waals surface area contributed by atoms with Crippen molar-refractivity contribution in [2.45, 2.75) is 78.6 Å². The lowest BCUT2D eigenvalue weighted by molar-refractivity contribution is -0.000981. The zero-order valence-electron chi connectivity index (χ0n) is 25.3. The normalized spacial score (nSPS) is 17.8. The van der Waals surface area contributed by atoms with Gasteiger partial charge in [-0.2, -0.15) is 5.10 Å². The lowest BCUT2D eigenvalue weighted by Crippen LogP contribution is -2.56. The fourth-order valence-corrected chi connectivity index (χ4v) is 5.50. The van der Waals surface area contributed by atoms with Gasteiger partial charge in [-0.15, -0.1) is 0 Å². The SMILES string of the molecule is COCCCCn1c(C(=O)N(CC(C)C)[C@H]2CC(Cn3cncn3)CN(C(=O)OC(C)(C)C)C2)nc2ccccc21. The van der Waals surface area contributed by atoms with Crippen molar-refractivity contribution < 1.29 is 19.1 Å². The Bertz CT molecular complexity index is 1280. The van der Waals surface area contributed by atoms with Crippen LogP contribution in [0.5, 0.6) is 0 Å². The van der Waals surface area contributed by atoms with Gasteiger partial charge in [0.05, 0.1) is 17.1 Å². The summed E-state index contributed by atoms with van der Waals surface area (Å²) in [4.78, 5) is 40.3. The highest BCUT2D eigenvalue weighted by atomic mass is 16.6. The molecular formula is C30H45N7O4. The lowest BCUT2D eigenvalue weighted by atomic mass is 9.92. The summed E-state index contributed by atoms with van der Waals surface area (Å²) in [5.74, 6) is 0.617. The third-order valence-electron chi connectivity index (χ3n) is 7.17. The summed E-state index contributed by atoms with van der Waals surface area (Å²) in [6.45, 7) is 13.2. The highest BCUT2D eigenvalue weighted by Crippen LogP contribution is 2.27. The summed E-state index contributed by atoms with van der Waals surface area (Å²) >= 11 is 0. The first-order valence-electron chi connectivity index (χ1n) is 14.6. The van der Waals surface area contributed by atoms with Crippen LogP contribution in [0.3, 0.4) is 0 Å². The van der Waals surface area contributed by atoms with Gasteiger partial charge in [-0.1, -0.05) is 26.0 Å². The molecule has 2 aromatic heterocycles. The largest absolute Gasteiger partial charge is 0.444 e. The number of benzene rings is 1. The number of rotatable bonds is 11. The van der Waals surface area contributed by atoms with Crippen LogP contribution in [0.1, 0.15) is 64.5 Å². The molecule has 0 aliphatic carbocycles. The van der Waals surface area contributed by atoms with Crippen LogP contribution >= 0.6 is 0 Å². The molecule has 224 valence electrons. The van der Waals surface area contributed by atoms with Crippen LogP contribution in [0, 0.1) is 11.8 Å². The zero-order valence-corrected chi connectivity index (χ0v) is 25.3. The minimum atomic E-state index is -0.619. The van der Waals surface area contributed by atoms with Crippen molar-refractivity contribution in [2.24, 2.45) is 11.8 Å². The Morgan fingerprint density at radius 3 is 2.61 bits per heavy atom. The molecule has 0 N–H and O–H groups in total. The molecule has 3 aromatic rings. The first-order chi connectivity index (χ1) is 19.6. The standard InChI is InChI=1S/C30H45N7O4/c1-22(2)16-37(28(38)27-33-25-11-7-8-12-26(25)36(27)13-9-10-14-40-6)24-15-23(18-35-21-31-20-32-35)17-34(19-24)29(39)41-30(3,4)5/h7-8,11-12,20-24H,9-10,13-19H2,1-6H3/t23?,24-/m0/s1. The molecule has 1 aromatic carbocycles. The number of amides is 2. The summed E-state index contributed by atoms with van der Waals surface area (Å²) < 4.78 is 14.8. The molecule has 3 heterocycles. The number of methoxy groups -OCH3 is 1. The third kappa shape index (κ3) is 8.06. The monoisotopic (exact) mass is 567 g/mol. The van der Waals surface area contributed by atoms with Crippen molar-refractivity contribution in [2.75, 3.05) is 33.4 Å². The highest BCUT2D eigenvalue weighted by molar-refractivity contribution is 5.95. The molecule has 2 atom stereocenters. The second kappa shape index (κ2) is 13.5. The van der Waals surface area contributed by atoms with E-state index in [4.69, 9.17) is 14.5 Å². The minimum absolute atomic E-state index is 0.0679. The van der Waals surface area contributed by atoms with Gasteiger partial charge in [-0.3, -0.25) is 9.48 Å². The maximum absolute atomic E-state index is 14.4. The summed E-state index contributed by atoms with van der Waals surface area (Å²) in [6.07, 6.45) is 5.32. The van der Waals surface area contributed by atoms with Crippen LogP contribution in [0.2, 0.25) is 0 Å². The molecule has 2 amide bonds. The quantitative estimate of drug-likeness (QED) is 0.315. The maximum Gasteiger partial charge on any atom is 0.410 e. The number of carbonyl (C=O) groups is 2. The number of ether oxygens (including phenoxy) is 2. The van der Waals surface area contributed by atoms with Gasteiger partial charge in [-0.25, -0.2) is 14.8 Å². The molecule has 1 unspecified atom stereocenters. The van der Waals surface area contributed by atoms with Crippen molar-refractivity contribution in [3.8, 4) is 0 Å². The zero-order chi connectivity index (χ0) is 29.6. The van der Waals surface area contributed by atoms with Crippen LogP contribution in [0.4, 0.5) is 4.79 Å². The molecule has 1 fully saturated rings. The van der Waals surface area contributed by atoms with Crippen LogP contribution in [-0.4, -0.2) is 91.1 Å². The summed E-state index contributed by atoms with van der Waals surface area (Å²) in [5, 5.41) is 4.29. The van der Waals surface area contributed by atoms with Crippen LogP contribution in [0.15, 0.2) is 36.9 Å². The summed E-state index contributed by atoms with van der Waals surface area (Å²) in [6, 6.07) is 7.68. The van der Waals surface area contributed by atoms with E-state index < -0.39 is 5.60 Å². The smallest absolute Gasteiger partial charge is 0.410 e. The maximum atomic E-state index is 14.4. The minimum Gasteiger partial charge on any atom is -0.444 e. The van der Waals surface area contributed by atoms with Crippen LogP contribution < -0.4 is 0 Å². The molecule has 41 heavy (non-hydrogen) atoms. The van der Waals surface area contributed by atoms with Crippen molar-refractivity contribution in [3.63, 3.8) is 0 Å². The number of aromatic nitrogens is 5. The Balaban J connectivity index is 1.66. The van der Waals surface area contributed by atoms with E-state index in [0.717, 1.165) is 30.3 Å². The Hall–Kier alpha value is -3.47.